The largest absolute Gasteiger partial charge is 0.479 e. The second-order valence-electron chi connectivity index (χ2n) is 14.2. The van der Waals surface area contributed by atoms with E-state index in [2.05, 4.69) is 20.8 Å². The highest BCUT2D eigenvalue weighted by Gasteiger charge is 2.62. The van der Waals surface area contributed by atoms with Gasteiger partial charge >= 0.3 is 11.9 Å². The van der Waals surface area contributed by atoms with E-state index in [9.17, 15) is 40.2 Å². The molecule has 1 saturated heterocycles. The van der Waals surface area contributed by atoms with Gasteiger partial charge in [0.1, 0.15) is 18.3 Å². The molecule has 0 amide bonds. The van der Waals surface area contributed by atoms with Gasteiger partial charge in [0.15, 0.2) is 6.10 Å². The van der Waals surface area contributed by atoms with Gasteiger partial charge < -0.3 is 40.1 Å². The monoisotopic (exact) mass is 568 g/mol. The van der Waals surface area contributed by atoms with Gasteiger partial charge in [0.05, 0.1) is 12.2 Å². The molecule has 228 valence electrons. The number of rotatable bonds is 6. The summed E-state index contributed by atoms with van der Waals surface area (Å²) in [5, 5.41) is 60.7. The summed E-state index contributed by atoms with van der Waals surface area (Å²) in [4.78, 5) is 24.0. The van der Waals surface area contributed by atoms with Crippen LogP contribution >= 0.6 is 0 Å². The van der Waals surface area contributed by atoms with Gasteiger partial charge in [-0.05, 0) is 104 Å². The Morgan fingerprint density at radius 2 is 1.55 bits per heavy atom. The minimum Gasteiger partial charge on any atom is -0.479 e. The molecule has 0 spiro atoms. The molecule has 5 aliphatic rings. The highest BCUT2D eigenvalue weighted by molar-refractivity contribution is 5.73. The van der Waals surface area contributed by atoms with Crippen molar-refractivity contribution in [3.8, 4) is 0 Å². The van der Waals surface area contributed by atoms with Gasteiger partial charge in [-0.15, -0.1) is 0 Å². The predicted molar refractivity (Wildman–Crippen MR) is 141 cm³/mol. The molecule has 5 rings (SSSR count). The average Bonchev–Trinajstić information content (AvgIpc) is 3.26. The summed E-state index contributed by atoms with van der Waals surface area (Å²) < 4.78 is 10.3. The summed E-state index contributed by atoms with van der Waals surface area (Å²) in [5.74, 6) is 0.220. The standard InChI is InChI=1S/C30H48O10/c1-14(4-7-22(33)39-28-25(36)23(34)24(35)26(40-28)27(37)38)17-5-6-18-16-13-21(32)20-12-15(31)8-10-30(20,3)19(16)9-11-29(17,18)2/h14-21,23-26,28,31-32,34-36H,4-13H2,1-3H3,(H,37,38)/t14-,15-,16+,17-,18+,19+,20+,21+,23+,24+,25-,26+,28-,29-,30-/m1/s1. The van der Waals surface area contributed by atoms with Crippen molar-refractivity contribution in [3.63, 3.8) is 0 Å². The predicted octanol–water partition coefficient (Wildman–Crippen LogP) is 1.83. The number of aliphatic hydroxyl groups is 5. The number of carbonyl (C=O) groups excluding carboxylic acids is 1. The zero-order valence-corrected chi connectivity index (χ0v) is 23.9. The minimum atomic E-state index is -1.84. The Bertz CT molecular complexity index is 959. The zero-order valence-electron chi connectivity index (χ0n) is 23.9. The number of esters is 1. The number of carbonyl (C=O) groups is 2. The number of aliphatic carboxylic acids is 1. The maximum Gasteiger partial charge on any atom is 0.335 e. The summed E-state index contributed by atoms with van der Waals surface area (Å²) in [5.41, 5.74) is 0.199. The molecule has 0 radical (unpaired) electrons. The number of hydrogen-bond acceptors (Lipinski definition) is 9. The molecule has 40 heavy (non-hydrogen) atoms. The smallest absolute Gasteiger partial charge is 0.335 e. The molecule has 6 N–H and O–H groups in total. The third-order valence-electron chi connectivity index (χ3n) is 12.3. The first kappa shape index (κ1) is 30.2. The number of carboxylic acid groups (broad SMARTS) is 1. The Balaban J connectivity index is 1.19. The molecule has 4 aliphatic carbocycles. The molecule has 0 unspecified atom stereocenters. The van der Waals surface area contributed by atoms with Crippen molar-refractivity contribution in [2.75, 3.05) is 0 Å². The van der Waals surface area contributed by atoms with Crippen LogP contribution in [0.15, 0.2) is 0 Å². The van der Waals surface area contributed by atoms with Crippen molar-refractivity contribution in [2.45, 2.75) is 128 Å². The third kappa shape index (κ3) is 5.00. The Kier molecular flexibility index (Phi) is 8.36. The SMILES string of the molecule is C[C@H](CCC(=O)O[C@@H]1O[C@H](C(=O)O)[C@@H](O)[C@H](O)[C@H]1O)[C@H]1CC[C@H]2[C@@H]3C[C@H](O)[C@@H]4C[C@H](O)CC[C@]4(C)[C@H]3CC[C@]12C. The van der Waals surface area contributed by atoms with E-state index in [1.165, 1.54) is 0 Å². The molecule has 0 aromatic rings. The fourth-order valence-corrected chi connectivity index (χ4v) is 10.1. The fraction of sp³-hybridized carbons (Fsp3) is 0.933. The van der Waals surface area contributed by atoms with Gasteiger partial charge in [-0.2, -0.15) is 0 Å². The second-order valence-corrected chi connectivity index (χ2v) is 14.2. The van der Waals surface area contributed by atoms with E-state index in [0.29, 0.717) is 36.5 Å². The van der Waals surface area contributed by atoms with Crippen LogP contribution in [0, 0.1) is 46.3 Å². The van der Waals surface area contributed by atoms with E-state index < -0.39 is 42.6 Å². The molecule has 10 heteroatoms. The lowest BCUT2D eigenvalue weighted by Gasteiger charge is -2.62. The molecule has 15 atom stereocenters. The number of fused-ring (bicyclic) bond motifs is 5. The maximum absolute atomic E-state index is 12.7. The van der Waals surface area contributed by atoms with Gasteiger partial charge in [-0.25, -0.2) is 4.79 Å². The van der Waals surface area contributed by atoms with Crippen molar-refractivity contribution < 1.29 is 49.7 Å². The van der Waals surface area contributed by atoms with E-state index >= 15 is 0 Å². The Hall–Kier alpha value is -1.30. The van der Waals surface area contributed by atoms with Crippen molar-refractivity contribution in [2.24, 2.45) is 46.3 Å². The summed E-state index contributed by atoms with van der Waals surface area (Å²) >= 11 is 0. The number of carboxylic acids is 1. The normalized spacial score (nSPS) is 51.2. The van der Waals surface area contributed by atoms with Crippen LogP contribution in [0.5, 0.6) is 0 Å². The van der Waals surface area contributed by atoms with E-state index in [0.717, 1.165) is 44.9 Å². The molecule has 1 heterocycles. The lowest BCUT2D eigenvalue weighted by molar-refractivity contribution is -0.286. The maximum atomic E-state index is 12.7. The van der Waals surface area contributed by atoms with Crippen LogP contribution in [0.3, 0.4) is 0 Å². The van der Waals surface area contributed by atoms with E-state index in [4.69, 9.17) is 9.47 Å². The summed E-state index contributed by atoms with van der Waals surface area (Å²) in [6.45, 7) is 6.93. The first-order valence-corrected chi connectivity index (χ1v) is 15.3. The Morgan fingerprint density at radius 3 is 2.25 bits per heavy atom. The van der Waals surface area contributed by atoms with E-state index in [-0.39, 0.29) is 41.3 Å². The highest BCUT2D eigenvalue weighted by atomic mass is 16.7. The van der Waals surface area contributed by atoms with Crippen molar-refractivity contribution in [1.29, 1.82) is 0 Å². The quantitative estimate of drug-likeness (QED) is 0.259. The molecule has 0 aromatic carbocycles. The van der Waals surface area contributed by atoms with Crippen LogP contribution < -0.4 is 0 Å². The fourth-order valence-electron chi connectivity index (χ4n) is 10.1. The summed E-state index contributed by atoms with van der Waals surface area (Å²) in [6, 6.07) is 0. The summed E-state index contributed by atoms with van der Waals surface area (Å²) in [7, 11) is 0. The number of ether oxygens (including phenoxy) is 2. The Labute approximate surface area is 236 Å². The van der Waals surface area contributed by atoms with Crippen LogP contribution in [0.25, 0.3) is 0 Å². The van der Waals surface area contributed by atoms with Gasteiger partial charge in [0.2, 0.25) is 6.29 Å². The van der Waals surface area contributed by atoms with Crippen LogP contribution in [0.1, 0.15) is 85.0 Å². The van der Waals surface area contributed by atoms with Crippen molar-refractivity contribution in [3.05, 3.63) is 0 Å². The first-order valence-electron chi connectivity index (χ1n) is 15.3. The van der Waals surface area contributed by atoms with E-state index in [1.807, 2.05) is 0 Å². The molecule has 1 aliphatic heterocycles. The average molecular weight is 569 g/mol. The lowest BCUT2D eigenvalue weighted by Crippen LogP contribution is -2.60. The van der Waals surface area contributed by atoms with Crippen LogP contribution in [-0.4, -0.2) is 85.5 Å². The topological polar surface area (TPSA) is 174 Å². The Morgan fingerprint density at radius 1 is 0.875 bits per heavy atom. The number of aliphatic hydroxyl groups excluding tert-OH is 5. The first-order chi connectivity index (χ1) is 18.8. The summed E-state index contributed by atoms with van der Waals surface area (Å²) in [6.07, 6.45) is -1.16. The zero-order chi connectivity index (χ0) is 29.1. The second kappa shape index (κ2) is 11.1. The molecular formula is C30H48O10. The van der Waals surface area contributed by atoms with Crippen molar-refractivity contribution >= 4 is 11.9 Å². The molecule has 0 bridgehead atoms. The van der Waals surface area contributed by atoms with E-state index in [1.54, 1.807) is 0 Å². The lowest BCUT2D eigenvalue weighted by atomic mass is 9.44. The number of hydrogen-bond donors (Lipinski definition) is 6. The minimum absolute atomic E-state index is 0.0637. The van der Waals surface area contributed by atoms with Gasteiger partial charge in [0, 0.05) is 6.42 Å². The van der Waals surface area contributed by atoms with Crippen LogP contribution in [-0.2, 0) is 19.1 Å². The molecule has 4 saturated carbocycles. The van der Waals surface area contributed by atoms with Gasteiger partial charge in [-0.1, -0.05) is 20.8 Å². The molecule has 10 nitrogen and oxygen atoms in total. The third-order valence-corrected chi connectivity index (χ3v) is 12.3. The molecule has 5 fully saturated rings. The van der Waals surface area contributed by atoms with Gasteiger partial charge in [0.25, 0.3) is 0 Å². The van der Waals surface area contributed by atoms with Gasteiger partial charge in [-0.3, -0.25) is 4.79 Å². The van der Waals surface area contributed by atoms with Crippen LogP contribution in [0.4, 0.5) is 0 Å². The molecule has 0 aromatic heterocycles. The van der Waals surface area contributed by atoms with Crippen LogP contribution in [0.2, 0.25) is 0 Å². The van der Waals surface area contributed by atoms with Crippen molar-refractivity contribution in [1.82, 2.24) is 0 Å². The highest BCUT2D eigenvalue weighted by Crippen LogP contribution is 2.68. The molecular weight excluding hydrogens is 520 g/mol.